The van der Waals surface area contributed by atoms with Crippen molar-refractivity contribution in [2.45, 2.75) is 83.8 Å². The molecule has 7 atom stereocenters. The quantitative estimate of drug-likeness (QED) is 0.595. The highest BCUT2D eigenvalue weighted by Gasteiger charge is 2.51. The van der Waals surface area contributed by atoms with Crippen molar-refractivity contribution in [2.24, 2.45) is 29.1 Å². The van der Waals surface area contributed by atoms with E-state index < -0.39 is 24.6 Å². The van der Waals surface area contributed by atoms with Crippen molar-refractivity contribution >= 4 is 0 Å². The first-order valence-corrected chi connectivity index (χ1v) is 12.6. The molecule has 4 rings (SSSR count). The van der Waals surface area contributed by atoms with Gasteiger partial charge in [0.15, 0.2) is 0 Å². The summed E-state index contributed by atoms with van der Waals surface area (Å²) >= 11 is 0. The van der Waals surface area contributed by atoms with Crippen LogP contribution in [0.4, 0.5) is 8.78 Å². The van der Waals surface area contributed by atoms with E-state index in [4.69, 9.17) is 0 Å². The van der Waals surface area contributed by atoms with E-state index in [-0.39, 0.29) is 5.41 Å². The van der Waals surface area contributed by atoms with Crippen molar-refractivity contribution in [3.05, 3.63) is 35.5 Å². The molecule has 0 aromatic carbocycles. The average Bonchev–Trinajstić information content (AvgIpc) is 3.33. The maximum absolute atomic E-state index is 13.1. The summed E-state index contributed by atoms with van der Waals surface area (Å²) in [5.74, 6) is 1.27. The van der Waals surface area contributed by atoms with E-state index in [2.05, 4.69) is 37.5 Å². The highest BCUT2D eigenvalue weighted by atomic mass is 19.3. The van der Waals surface area contributed by atoms with E-state index in [1.54, 1.807) is 0 Å². The van der Waals surface area contributed by atoms with Gasteiger partial charge in [-0.25, -0.2) is 8.78 Å². The number of rotatable bonds is 5. The second-order valence-electron chi connectivity index (χ2n) is 11.3. The molecular weight excluding hydrogens is 408 g/mol. The van der Waals surface area contributed by atoms with Crippen molar-refractivity contribution in [3.8, 4) is 0 Å². The van der Waals surface area contributed by atoms with Gasteiger partial charge >= 0.3 is 0 Å². The van der Waals surface area contributed by atoms with E-state index >= 15 is 0 Å². The fraction of sp³-hybridized carbons (Fsp3) is 0.778. The van der Waals surface area contributed by atoms with Crippen LogP contribution in [0.1, 0.15) is 65.2 Å². The van der Waals surface area contributed by atoms with Crippen LogP contribution in [0.15, 0.2) is 35.5 Å². The lowest BCUT2D eigenvalue weighted by Gasteiger charge is -2.45. The number of hydrogen-bond donors (Lipinski definition) is 2. The van der Waals surface area contributed by atoms with E-state index in [9.17, 15) is 19.0 Å². The Morgan fingerprint density at radius 2 is 2.00 bits per heavy atom. The third-order valence-corrected chi connectivity index (χ3v) is 9.20. The molecule has 2 N–H and O–H groups in total. The minimum atomic E-state index is -2.19. The first kappa shape index (κ1) is 24.1. The number of likely N-dealkylation sites (tertiary alicyclic amines) is 1. The van der Waals surface area contributed by atoms with Crippen molar-refractivity contribution in [1.29, 1.82) is 0 Å². The van der Waals surface area contributed by atoms with Gasteiger partial charge in [0.25, 0.3) is 0 Å². The molecule has 2 unspecified atom stereocenters. The molecule has 1 aliphatic heterocycles. The van der Waals surface area contributed by atoms with Crippen LogP contribution >= 0.6 is 0 Å². The zero-order valence-corrected chi connectivity index (χ0v) is 19.8. The first-order valence-electron chi connectivity index (χ1n) is 12.6. The molecule has 3 nitrogen and oxygen atoms in total. The molecule has 32 heavy (non-hydrogen) atoms. The Balaban J connectivity index is 1.44. The van der Waals surface area contributed by atoms with Gasteiger partial charge in [0.05, 0.1) is 12.2 Å². The average molecular weight is 450 g/mol. The first-order chi connectivity index (χ1) is 15.2. The Hall–Kier alpha value is -1.04. The molecule has 0 spiro atoms. The van der Waals surface area contributed by atoms with Crippen molar-refractivity contribution in [1.82, 2.24) is 4.90 Å². The predicted molar refractivity (Wildman–Crippen MR) is 124 cm³/mol. The number of halogens is 2. The number of nitrogens with zero attached hydrogens (tertiary/aromatic N) is 1. The summed E-state index contributed by atoms with van der Waals surface area (Å²) < 4.78 is 26.2. The molecule has 0 aromatic rings. The lowest BCUT2D eigenvalue weighted by atomic mass is 9.61. The molecule has 0 radical (unpaired) electrons. The normalized spacial score (nSPS) is 42.2. The monoisotopic (exact) mass is 449 g/mol. The lowest BCUT2D eigenvalue weighted by Crippen LogP contribution is -2.39. The molecule has 1 heterocycles. The minimum Gasteiger partial charge on any atom is -0.393 e. The molecule has 180 valence electrons. The summed E-state index contributed by atoms with van der Waals surface area (Å²) in [4.78, 5) is 2.27. The molecule has 3 saturated carbocycles. The summed E-state index contributed by atoms with van der Waals surface area (Å²) in [6.45, 7) is 11.1. The van der Waals surface area contributed by atoms with Gasteiger partial charge in [-0.2, -0.15) is 0 Å². The van der Waals surface area contributed by atoms with Gasteiger partial charge in [-0.3, -0.25) is 0 Å². The van der Waals surface area contributed by atoms with Gasteiger partial charge in [-0.05, 0) is 85.8 Å². The fourth-order valence-corrected chi connectivity index (χ4v) is 7.45. The standard InChI is InChI=1S/C27H41F2NO2/c1-17(15-30-12-10-21(16-30)26(28)29)23-8-9-24-19(5-4-11-27(23,24)3)6-7-20-13-22(31)14-25(32)18(20)2/h6-7,17,21-26,31-32H,2,4-5,8-16H2,1,3H3/b19-6+,20-7-/t17-,21+,22?,23+,24-,25?,27+/m0/s1. The molecular formula is C27H41F2NO2. The van der Waals surface area contributed by atoms with Gasteiger partial charge in [0, 0.05) is 25.4 Å². The molecule has 1 saturated heterocycles. The summed E-state index contributed by atoms with van der Waals surface area (Å²) in [6.07, 6.45) is 8.56. The molecule has 4 aliphatic rings. The van der Waals surface area contributed by atoms with Crippen molar-refractivity contribution in [2.75, 3.05) is 19.6 Å². The Bertz CT molecular complexity index is 763. The number of alkyl halides is 2. The number of aliphatic hydroxyl groups is 2. The SMILES string of the molecule is C=C1/C(=C\C=C2/CCC[C@]3(C)[C@@H]([C@@H](C)CN4CC[C@@H](C(F)F)C4)CC[C@@H]23)CC(O)CC1O. The lowest BCUT2D eigenvalue weighted by molar-refractivity contribution is 0.0672. The van der Waals surface area contributed by atoms with Crippen LogP contribution in [0.2, 0.25) is 0 Å². The summed E-state index contributed by atoms with van der Waals surface area (Å²) in [5.41, 5.74) is 3.49. The maximum Gasteiger partial charge on any atom is 0.242 e. The third-order valence-electron chi connectivity index (χ3n) is 9.20. The van der Waals surface area contributed by atoms with E-state index in [1.807, 2.05) is 0 Å². The Morgan fingerprint density at radius 1 is 1.22 bits per heavy atom. The Labute approximate surface area is 192 Å². The van der Waals surface area contributed by atoms with E-state index in [1.165, 1.54) is 31.3 Å². The van der Waals surface area contributed by atoms with E-state index in [0.717, 1.165) is 30.7 Å². The molecule has 4 fully saturated rings. The molecule has 0 bridgehead atoms. The zero-order chi connectivity index (χ0) is 23.0. The van der Waals surface area contributed by atoms with Gasteiger partial charge in [-0.15, -0.1) is 0 Å². The molecule has 5 heteroatoms. The fourth-order valence-electron chi connectivity index (χ4n) is 7.45. The van der Waals surface area contributed by atoms with Gasteiger partial charge in [-0.1, -0.05) is 38.2 Å². The van der Waals surface area contributed by atoms with Gasteiger partial charge < -0.3 is 15.1 Å². The maximum atomic E-state index is 13.1. The largest absolute Gasteiger partial charge is 0.393 e. The summed E-state index contributed by atoms with van der Waals surface area (Å²) in [6, 6.07) is 0. The van der Waals surface area contributed by atoms with Gasteiger partial charge in [0.2, 0.25) is 6.43 Å². The van der Waals surface area contributed by atoms with Crippen LogP contribution in [0.25, 0.3) is 0 Å². The molecule has 3 aliphatic carbocycles. The zero-order valence-electron chi connectivity index (χ0n) is 19.8. The second kappa shape index (κ2) is 9.68. The third kappa shape index (κ3) is 4.76. The van der Waals surface area contributed by atoms with E-state index in [0.29, 0.717) is 43.6 Å². The van der Waals surface area contributed by atoms with Crippen LogP contribution < -0.4 is 0 Å². The predicted octanol–water partition coefficient (Wildman–Crippen LogP) is 5.35. The van der Waals surface area contributed by atoms with Crippen LogP contribution in [0.3, 0.4) is 0 Å². The Morgan fingerprint density at radius 3 is 2.72 bits per heavy atom. The minimum absolute atomic E-state index is 0.270. The van der Waals surface area contributed by atoms with Crippen LogP contribution in [0, 0.1) is 29.1 Å². The molecule has 0 aromatic heterocycles. The van der Waals surface area contributed by atoms with Crippen molar-refractivity contribution in [3.63, 3.8) is 0 Å². The smallest absolute Gasteiger partial charge is 0.242 e. The number of fused-ring (bicyclic) bond motifs is 1. The number of allylic oxidation sites excluding steroid dienone is 3. The second-order valence-corrected chi connectivity index (χ2v) is 11.3. The Kier molecular flexibility index (Phi) is 7.29. The van der Waals surface area contributed by atoms with Crippen LogP contribution in [-0.2, 0) is 0 Å². The highest BCUT2D eigenvalue weighted by molar-refractivity contribution is 5.38. The van der Waals surface area contributed by atoms with Crippen molar-refractivity contribution < 1.29 is 19.0 Å². The highest BCUT2D eigenvalue weighted by Crippen LogP contribution is 2.59. The summed E-state index contributed by atoms with van der Waals surface area (Å²) in [5, 5.41) is 20.2. The molecule has 0 amide bonds. The number of hydrogen-bond acceptors (Lipinski definition) is 3. The van der Waals surface area contributed by atoms with Gasteiger partial charge in [0.1, 0.15) is 0 Å². The number of aliphatic hydroxyl groups excluding tert-OH is 2. The summed E-state index contributed by atoms with van der Waals surface area (Å²) in [7, 11) is 0. The van der Waals surface area contributed by atoms with Crippen LogP contribution in [-0.4, -0.2) is 53.4 Å². The topological polar surface area (TPSA) is 43.7 Å². The van der Waals surface area contributed by atoms with Crippen LogP contribution in [0.5, 0.6) is 0 Å².